The first-order valence-electron chi connectivity index (χ1n) is 5.77. The van der Waals surface area contributed by atoms with E-state index in [0.29, 0.717) is 6.61 Å². The van der Waals surface area contributed by atoms with Gasteiger partial charge in [-0.05, 0) is 0 Å². The summed E-state index contributed by atoms with van der Waals surface area (Å²) in [6.07, 6.45) is 3.50. The van der Waals surface area contributed by atoms with Crippen LogP contribution in [-0.2, 0) is 9.53 Å². The topological polar surface area (TPSA) is 26.3 Å². The fourth-order valence-corrected chi connectivity index (χ4v) is 3.82. The van der Waals surface area contributed by atoms with Gasteiger partial charge in [-0.25, -0.2) is 0 Å². The van der Waals surface area contributed by atoms with Crippen molar-refractivity contribution in [1.29, 1.82) is 0 Å². The molecule has 92 valence electrons. The molecule has 0 aliphatic carbocycles. The normalized spacial score (nSPS) is 11.8. The molecule has 1 aromatic carbocycles. The molecular formula is C14H18O2Se. The van der Waals surface area contributed by atoms with E-state index in [2.05, 4.69) is 25.6 Å². The van der Waals surface area contributed by atoms with Gasteiger partial charge in [0.1, 0.15) is 0 Å². The Hall–Kier alpha value is -1.05. The molecule has 2 nitrogen and oxygen atoms in total. The van der Waals surface area contributed by atoms with Crippen molar-refractivity contribution in [2.75, 3.05) is 6.61 Å². The number of esters is 1. The first kappa shape index (κ1) is 14.0. The number of carbonyl (C=O) groups is 1. The van der Waals surface area contributed by atoms with Gasteiger partial charge in [-0.2, -0.15) is 0 Å². The van der Waals surface area contributed by atoms with Gasteiger partial charge in [-0.15, -0.1) is 0 Å². The quantitative estimate of drug-likeness (QED) is 0.439. The number of hydrogen-bond acceptors (Lipinski definition) is 2. The van der Waals surface area contributed by atoms with E-state index in [-0.39, 0.29) is 25.7 Å². The number of rotatable bonds is 7. The van der Waals surface area contributed by atoms with Crippen LogP contribution in [0, 0.1) is 0 Å². The van der Waals surface area contributed by atoms with Crippen LogP contribution in [0.2, 0.25) is 4.82 Å². The molecule has 0 fully saturated rings. The van der Waals surface area contributed by atoms with Crippen molar-refractivity contribution in [3.05, 3.63) is 43.0 Å². The molecule has 0 aliphatic heterocycles. The summed E-state index contributed by atoms with van der Waals surface area (Å²) in [4.78, 5) is 11.9. The molecule has 0 aliphatic rings. The van der Waals surface area contributed by atoms with Gasteiger partial charge in [0.25, 0.3) is 0 Å². The zero-order valence-corrected chi connectivity index (χ0v) is 11.8. The van der Waals surface area contributed by atoms with Crippen LogP contribution < -0.4 is 4.46 Å². The van der Waals surface area contributed by atoms with Crippen LogP contribution in [0.5, 0.6) is 0 Å². The third-order valence-electron chi connectivity index (χ3n) is 2.18. The summed E-state index contributed by atoms with van der Waals surface area (Å²) in [5.74, 6) is -0.0874. The van der Waals surface area contributed by atoms with Crippen LogP contribution in [0.3, 0.4) is 0 Å². The molecular weight excluding hydrogens is 279 g/mol. The van der Waals surface area contributed by atoms with E-state index in [1.165, 1.54) is 4.46 Å². The van der Waals surface area contributed by atoms with Gasteiger partial charge in [0.05, 0.1) is 0 Å². The van der Waals surface area contributed by atoms with E-state index in [4.69, 9.17) is 4.74 Å². The predicted molar refractivity (Wildman–Crippen MR) is 71.6 cm³/mol. The number of benzene rings is 1. The van der Waals surface area contributed by atoms with Crippen LogP contribution in [-0.4, -0.2) is 27.5 Å². The fraction of sp³-hybridized carbons (Fsp3) is 0.357. The monoisotopic (exact) mass is 298 g/mol. The number of ether oxygens (including phenoxy) is 1. The third-order valence-corrected chi connectivity index (χ3v) is 4.82. The SMILES string of the molecule is C=CCOC(=O)C(CCC)[Se]c1ccccc1. The summed E-state index contributed by atoms with van der Waals surface area (Å²) < 4.78 is 6.38. The van der Waals surface area contributed by atoms with Crippen molar-refractivity contribution in [3.63, 3.8) is 0 Å². The molecule has 1 aromatic rings. The van der Waals surface area contributed by atoms with Gasteiger partial charge >= 0.3 is 109 Å². The Labute approximate surface area is 109 Å². The Morgan fingerprint density at radius 1 is 1.47 bits per heavy atom. The van der Waals surface area contributed by atoms with Crippen LogP contribution in [0.4, 0.5) is 0 Å². The molecule has 0 saturated carbocycles. The predicted octanol–water partition coefficient (Wildman–Crippen LogP) is 2.33. The van der Waals surface area contributed by atoms with Crippen molar-refractivity contribution in [2.45, 2.75) is 24.6 Å². The average Bonchev–Trinajstić information content (AvgIpc) is 2.36. The van der Waals surface area contributed by atoms with E-state index in [1.54, 1.807) is 6.08 Å². The molecule has 3 heteroatoms. The zero-order chi connectivity index (χ0) is 12.5. The van der Waals surface area contributed by atoms with Crippen molar-refractivity contribution >= 4 is 25.4 Å². The molecule has 0 spiro atoms. The summed E-state index contributed by atoms with van der Waals surface area (Å²) in [6, 6.07) is 10.2. The van der Waals surface area contributed by atoms with E-state index < -0.39 is 0 Å². The second-order valence-corrected chi connectivity index (χ2v) is 6.30. The van der Waals surface area contributed by atoms with Gasteiger partial charge in [-0.3, -0.25) is 0 Å². The van der Waals surface area contributed by atoms with Crippen molar-refractivity contribution in [2.24, 2.45) is 0 Å². The molecule has 1 unspecified atom stereocenters. The van der Waals surface area contributed by atoms with E-state index in [9.17, 15) is 4.79 Å². The second kappa shape index (κ2) is 8.10. The summed E-state index contributed by atoms with van der Waals surface area (Å²) in [5, 5.41) is 0. The van der Waals surface area contributed by atoms with Crippen LogP contribution in [0.15, 0.2) is 43.0 Å². The first-order valence-corrected chi connectivity index (χ1v) is 7.61. The maximum atomic E-state index is 11.8. The maximum absolute atomic E-state index is 11.8. The molecule has 0 bridgehead atoms. The van der Waals surface area contributed by atoms with Crippen LogP contribution in [0.1, 0.15) is 19.8 Å². The van der Waals surface area contributed by atoms with Crippen LogP contribution in [0.25, 0.3) is 0 Å². The first-order chi connectivity index (χ1) is 8.27. The fourth-order valence-electron chi connectivity index (χ4n) is 1.38. The standard InChI is InChI=1S/C14H18O2Se/c1-3-8-13(14(15)16-11-4-2)17-12-9-6-5-7-10-12/h4-7,9-10,13H,2-3,8,11H2,1H3. The summed E-state index contributed by atoms with van der Waals surface area (Å²) in [5.41, 5.74) is 0. The molecule has 0 heterocycles. The van der Waals surface area contributed by atoms with Gasteiger partial charge < -0.3 is 0 Å². The van der Waals surface area contributed by atoms with E-state index in [1.807, 2.05) is 18.2 Å². The minimum absolute atomic E-state index is 0.0230. The molecule has 1 rings (SSSR count). The second-order valence-electron chi connectivity index (χ2n) is 3.63. The Morgan fingerprint density at radius 2 is 2.18 bits per heavy atom. The summed E-state index contributed by atoms with van der Waals surface area (Å²) in [6.45, 7) is 5.95. The van der Waals surface area contributed by atoms with Crippen molar-refractivity contribution in [3.8, 4) is 0 Å². The van der Waals surface area contributed by atoms with Crippen molar-refractivity contribution < 1.29 is 9.53 Å². The molecule has 0 amide bonds. The van der Waals surface area contributed by atoms with Gasteiger partial charge in [0, 0.05) is 0 Å². The van der Waals surface area contributed by atoms with Gasteiger partial charge in [0.2, 0.25) is 0 Å². The Morgan fingerprint density at radius 3 is 2.76 bits per heavy atom. The Balaban J connectivity index is 2.59. The molecule has 0 saturated heterocycles. The van der Waals surface area contributed by atoms with Gasteiger partial charge in [0.15, 0.2) is 0 Å². The zero-order valence-electron chi connectivity index (χ0n) is 10.1. The Kier molecular flexibility index (Phi) is 6.68. The molecule has 17 heavy (non-hydrogen) atoms. The average molecular weight is 297 g/mol. The molecule has 0 radical (unpaired) electrons. The minimum atomic E-state index is -0.0874. The third kappa shape index (κ3) is 5.20. The molecule has 0 aromatic heterocycles. The summed E-state index contributed by atoms with van der Waals surface area (Å²) in [7, 11) is 0. The van der Waals surface area contributed by atoms with Crippen molar-refractivity contribution in [1.82, 2.24) is 0 Å². The van der Waals surface area contributed by atoms with E-state index in [0.717, 1.165) is 12.8 Å². The Bertz CT molecular complexity index is 348. The summed E-state index contributed by atoms with van der Waals surface area (Å²) >= 11 is 0.148. The van der Waals surface area contributed by atoms with Crippen LogP contribution >= 0.6 is 0 Å². The molecule has 1 atom stereocenters. The molecule has 0 N–H and O–H groups in total. The van der Waals surface area contributed by atoms with E-state index >= 15 is 0 Å². The number of hydrogen-bond donors (Lipinski definition) is 0. The van der Waals surface area contributed by atoms with Gasteiger partial charge in [-0.1, -0.05) is 0 Å². The number of carbonyl (C=O) groups excluding carboxylic acids is 1.